The molecule has 1 aromatic heterocycles. The first-order chi connectivity index (χ1) is 16.3. The second-order valence-corrected chi connectivity index (χ2v) is 10.2. The Morgan fingerprint density at radius 3 is 2.74 bits per heavy atom. The minimum Gasteiger partial charge on any atom is -0.389 e. The molecule has 10 nitrogen and oxygen atoms in total. The monoisotopic (exact) mass is 494 g/mol. The number of rotatable bonds is 6. The summed E-state index contributed by atoms with van der Waals surface area (Å²) in [5.41, 5.74) is 0.682. The van der Waals surface area contributed by atoms with Crippen molar-refractivity contribution in [2.24, 2.45) is 0 Å². The molecule has 4 rings (SSSR count). The van der Waals surface area contributed by atoms with E-state index in [1.54, 1.807) is 12.3 Å². The van der Waals surface area contributed by atoms with Crippen LogP contribution in [0.4, 0.5) is 4.39 Å². The number of benzene rings is 1. The van der Waals surface area contributed by atoms with Crippen molar-refractivity contribution in [1.82, 2.24) is 19.6 Å². The van der Waals surface area contributed by atoms with Crippen molar-refractivity contribution in [1.29, 1.82) is 0 Å². The van der Waals surface area contributed by atoms with E-state index in [9.17, 15) is 22.7 Å². The highest BCUT2D eigenvalue weighted by Gasteiger charge is 2.43. The summed E-state index contributed by atoms with van der Waals surface area (Å²) in [6.07, 6.45) is 1.95. The molecular formula is C22H27FN4O6S. The molecule has 0 saturated carbocycles. The maximum Gasteiger partial charge on any atom is 0.243 e. The Kier molecular flexibility index (Phi) is 7.84. The number of fused-ring (bicyclic) bond motifs is 1. The number of hydrogen-bond donors (Lipinski definition) is 2. The van der Waals surface area contributed by atoms with Crippen LogP contribution in [-0.2, 0) is 30.8 Å². The zero-order chi connectivity index (χ0) is 24.1. The first-order valence-electron chi connectivity index (χ1n) is 11.0. The number of ether oxygens (including phenoxy) is 2. The van der Waals surface area contributed by atoms with E-state index in [2.05, 4.69) is 15.3 Å². The molecule has 0 spiro atoms. The average Bonchev–Trinajstić information content (AvgIpc) is 2.81. The summed E-state index contributed by atoms with van der Waals surface area (Å²) in [4.78, 5) is 20.2. The number of carbonyl (C=O) groups is 1. The zero-order valence-corrected chi connectivity index (χ0v) is 19.2. The van der Waals surface area contributed by atoms with Gasteiger partial charge in [0, 0.05) is 12.7 Å². The molecule has 1 amide bonds. The number of nitrogens with one attached hydrogen (secondary N) is 1. The number of β-amino-alcohol motifs (C(OH)–C–C–N with tert-alkyl or cyclic N) is 1. The Bertz CT molecular complexity index is 1070. The first kappa shape index (κ1) is 24.6. The third-order valence-electron chi connectivity index (χ3n) is 5.88. The second kappa shape index (κ2) is 10.8. The van der Waals surface area contributed by atoms with E-state index in [0.29, 0.717) is 18.5 Å². The zero-order valence-electron chi connectivity index (χ0n) is 18.4. The van der Waals surface area contributed by atoms with E-state index < -0.39 is 40.2 Å². The third-order valence-corrected chi connectivity index (χ3v) is 7.78. The molecule has 0 bridgehead atoms. The van der Waals surface area contributed by atoms with Crippen molar-refractivity contribution in [3.8, 4) is 0 Å². The van der Waals surface area contributed by atoms with Gasteiger partial charge in [0.2, 0.25) is 15.9 Å². The summed E-state index contributed by atoms with van der Waals surface area (Å²) in [6.45, 7) is 0.126. The van der Waals surface area contributed by atoms with Crippen LogP contribution in [0.15, 0.2) is 47.8 Å². The molecule has 34 heavy (non-hydrogen) atoms. The molecule has 2 saturated heterocycles. The number of aromatic nitrogens is 2. The summed E-state index contributed by atoms with van der Waals surface area (Å²) < 4.78 is 52.9. The third kappa shape index (κ3) is 5.94. The topological polar surface area (TPSA) is 131 Å². The van der Waals surface area contributed by atoms with Gasteiger partial charge >= 0.3 is 0 Å². The van der Waals surface area contributed by atoms with Gasteiger partial charge < -0.3 is 19.9 Å². The summed E-state index contributed by atoms with van der Waals surface area (Å²) in [5, 5.41) is 13.1. The number of hydrogen-bond acceptors (Lipinski definition) is 8. The van der Waals surface area contributed by atoms with Crippen molar-refractivity contribution in [3.05, 3.63) is 54.4 Å². The molecule has 2 aromatic rings. The van der Waals surface area contributed by atoms with E-state index in [0.717, 1.165) is 12.1 Å². The van der Waals surface area contributed by atoms with Crippen LogP contribution in [0.3, 0.4) is 0 Å². The van der Waals surface area contributed by atoms with Crippen LogP contribution >= 0.6 is 0 Å². The summed E-state index contributed by atoms with van der Waals surface area (Å²) in [6, 6.07) is 5.69. The van der Waals surface area contributed by atoms with Gasteiger partial charge in [-0.05, 0) is 43.2 Å². The van der Waals surface area contributed by atoms with Gasteiger partial charge in [0.05, 0.1) is 61.1 Å². The number of aliphatic hydroxyl groups excluding tert-OH is 1. The van der Waals surface area contributed by atoms with Crippen molar-refractivity contribution < 1.29 is 32.2 Å². The van der Waals surface area contributed by atoms with E-state index in [4.69, 9.17) is 9.47 Å². The van der Waals surface area contributed by atoms with Gasteiger partial charge in [0.25, 0.3) is 0 Å². The standard InChI is InChI=1S/C22H27FN4O6S/c23-15-1-4-19(5-2-15)34(30,31)27-11-17(28)12-32-13-21-20(27)6-3-18(33-21)9-22(29)25-10-16-7-8-24-14-26-16/h1-2,4-5,7-8,14,17-18,20-21,28H,3,6,9-13H2,(H,25,29)/t17-,18+,20+,21-/m0/s1. The Morgan fingerprint density at radius 1 is 1.21 bits per heavy atom. The molecule has 3 heterocycles. The summed E-state index contributed by atoms with van der Waals surface area (Å²) in [7, 11) is -4.02. The minimum absolute atomic E-state index is 0.0495. The highest BCUT2D eigenvalue weighted by Crippen LogP contribution is 2.31. The fraction of sp³-hybridized carbons (Fsp3) is 0.500. The Balaban J connectivity index is 1.43. The Labute approximate surface area is 197 Å². The number of halogens is 1. The lowest BCUT2D eigenvalue weighted by atomic mass is 9.96. The minimum atomic E-state index is -4.02. The highest BCUT2D eigenvalue weighted by molar-refractivity contribution is 7.89. The van der Waals surface area contributed by atoms with E-state index in [1.807, 2.05) is 0 Å². The van der Waals surface area contributed by atoms with Crippen LogP contribution in [0.25, 0.3) is 0 Å². The number of sulfonamides is 1. The SMILES string of the molecule is O=C(C[C@H]1CC[C@@H]2[C@H](COC[C@@H](O)CN2S(=O)(=O)c2ccc(F)cc2)O1)NCc1ccncn1. The average molecular weight is 495 g/mol. The molecule has 1 aromatic carbocycles. The van der Waals surface area contributed by atoms with Crippen LogP contribution < -0.4 is 5.32 Å². The molecule has 2 N–H and O–H groups in total. The van der Waals surface area contributed by atoms with Crippen LogP contribution in [-0.4, -0.2) is 77.8 Å². The molecule has 184 valence electrons. The van der Waals surface area contributed by atoms with E-state index in [1.165, 1.54) is 22.8 Å². The Hall–Kier alpha value is -2.51. The van der Waals surface area contributed by atoms with E-state index >= 15 is 0 Å². The lowest BCUT2D eigenvalue weighted by Crippen LogP contribution is -2.57. The van der Waals surface area contributed by atoms with Crippen LogP contribution in [0.1, 0.15) is 25.0 Å². The van der Waals surface area contributed by atoms with Gasteiger partial charge in [0.1, 0.15) is 12.1 Å². The van der Waals surface area contributed by atoms with Gasteiger partial charge in [-0.25, -0.2) is 22.8 Å². The molecular weight excluding hydrogens is 467 g/mol. The van der Waals surface area contributed by atoms with Gasteiger partial charge in [-0.3, -0.25) is 4.79 Å². The molecule has 4 atom stereocenters. The number of carbonyl (C=O) groups excluding carboxylic acids is 1. The highest BCUT2D eigenvalue weighted by atomic mass is 32.2. The summed E-state index contributed by atoms with van der Waals surface area (Å²) >= 11 is 0. The maximum atomic E-state index is 13.4. The lowest BCUT2D eigenvalue weighted by molar-refractivity contribution is -0.146. The Morgan fingerprint density at radius 2 is 2.00 bits per heavy atom. The van der Waals surface area contributed by atoms with Gasteiger partial charge in [-0.1, -0.05) is 0 Å². The van der Waals surface area contributed by atoms with Crippen LogP contribution in [0.5, 0.6) is 0 Å². The molecule has 2 aliphatic rings. The molecule has 0 aliphatic carbocycles. The van der Waals surface area contributed by atoms with Crippen LogP contribution in [0, 0.1) is 5.82 Å². The predicted molar refractivity (Wildman–Crippen MR) is 117 cm³/mol. The smallest absolute Gasteiger partial charge is 0.243 e. The first-order valence-corrected chi connectivity index (χ1v) is 12.5. The molecule has 12 heteroatoms. The van der Waals surface area contributed by atoms with Gasteiger partial charge in [0.15, 0.2) is 0 Å². The predicted octanol–water partition coefficient (Wildman–Crippen LogP) is 0.620. The van der Waals surface area contributed by atoms with Crippen molar-refractivity contribution in [2.45, 2.75) is 55.1 Å². The van der Waals surface area contributed by atoms with Gasteiger partial charge in [-0.15, -0.1) is 0 Å². The van der Waals surface area contributed by atoms with Crippen molar-refractivity contribution in [3.63, 3.8) is 0 Å². The van der Waals surface area contributed by atoms with E-state index in [-0.39, 0.29) is 43.5 Å². The second-order valence-electron chi connectivity index (χ2n) is 8.34. The van der Waals surface area contributed by atoms with Crippen molar-refractivity contribution in [2.75, 3.05) is 19.8 Å². The molecule has 2 fully saturated rings. The number of aliphatic hydroxyl groups is 1. The fourth-order valence-corrected chi connectivity index (χ4v) is 5.92. The quantitative estimate of drug-likeness (QED) is 0.598. The van der Waals surface area contributed by atoms with Gasteiger partial charge in [-0.2, -0.15) is 4.31 Å². The molecule has 0 radical (unpaired) electrons. The fourth-order valence-electron chi connectivity index (χ4n) is 4.20. The summed E-state index contributed by atoms with van der Waals surface area (Å²) in [5.74, 6) is -0.750. The lowest BCUT2D eigenvalue weighted by Gasteiger charge is -2.43. The normalized spacial score (nSPS) is 26.2. The largest absolute Gasteiger partial charge is 0.389 e. The number of amides is 1. The van der Waals surface area contributed by atoms with Crippen molar-refractivity contribution >= 4 is 15.9 Å². The number of nitrogens with zero attached hydrogens (tertiary/aromatic N) is 3. The maximum absolute atomic E-state index is 13.4. The molecule has 2 aliphatic heterocycles. The molecule has 0 unspecified atom stereocenters. The van der Waals surface area contributed by atoms with Crippen LogP contribution in [0.2, 0.25) is 0 Å².